The van der Waals surface area contributed by atoms with Gasteiger partial charge in [-0.15, -0.1) is 0 Å². The van der Waals surface area contributed by atoms with Gasteiger partial charge in [0.1, 0.15) is 5.82 Å². The zero-order valence-electron chi connectivity index (χ0n) is 10.3. The fourth-order valence-corrected chi connectivity index (χ4v) is 1.68. The second-order valence-corrected chi connectivity index (χ2v) is 4.42. The van der Waals surface area contributed by atoms with Crippen molar-refractivity contribution in [2.45, 2.75) is 25.8 Å². The van der Waals surface area contributed by atoms with E-state index in [9.17, 15) is 4.39 Å². The van der Waals surface area contributed by atoms with E-state index in [1.807, 2.05) is 13.1 Å². The summed E-state index contributed by atoms with van der Waals surface area (Å²) in [6, 6.07) is 5.11. The first kappa shape index (κ1) is 14.4. The third-order valence-corrected chi connectivity index (χ3v) is 2.85. The first-order chi connectivity index (χ1) is 8.17. The molecule has 0 aliphatic carbocycles. The molecule has 0 spiro atoms. The molecule has 2 nitrogen and oxygen atoms in total. The molecule has 0 saturated heterocycles. The maximum atomic E-state index is 13.3. The lowest BCUT2D eigenvalue weighted by molar-refractivity contribution is 0.114. The normalized spacial score (nSPS) is 12.7. The highest BCUT2D eigenvalue weighted by molar-refractivity contribution is 6.30. The Morgan fingerprint density at radius 3 is 2.82 bits per heavy atom. The van der Waals surface area contributed by atoms with Gasteiger partial charge in [0.25, 0.3) is 0 Å². The van der Waals surface area contributed by atoms with Crippen molar-refractivity contribution in [2.75, 3.05) is 20.3 Å². The summed E-state index contributed by atoms with van der Waals surface area (Å²) in [4.78, 5) is 0. The SMILES string of the molecule is CCCOCC(Cc1ccc(Cl)c(F)c1)NC. The van der Waals surface area contributed by atoms with E-state index < -0.39 is 0 Å². The van der Waals surface area contributed by atoms with Crippen LogP contribution in [0.3, 0.4) is 0 Å². The Bertz CT molecular complexity index is 346. The second kappa shape index (κ2) is 7.64. The maximum absolute atomic E-state index is 13.3. The second-order valence-electron chi connectivity index (χ2n) is 4.01. The van der Waals surface area contributed by atoms with Crippen LogP contribution in [0.1, 0.15) is 18.9 Å². The van der Waals surface area contributed by atoms with E-state index in [4.69, 9.17) is 16.3 Å². The molecule has 0 aliphatic rings. The van der Waals surface area contributed by atoms with Crippen LogP contribution in [0.5, 0.6) is 0 Å². The van der Waals surface area contributed by atoms with E-state index in [1.165, 1.54) is 6.07 Å². The van der Waals surface area contributed by atoms with Gasteiger partial charge >= 0.3 is 0 Å². The van der Waals surface area contributed by atoms with E-state index >= 15 is 0 Å². The van der Waals surface area contributed by atoms with Crippen LogP contribution in [0.15, 0.2) is 18.2 Å². The summed E-state index contributed by atoms with van der Waals surface area (Å²) in [6.45, 7) is 3.46. The minimum atomic E-state index is -0.367. The van der Waals surface area contributed by atoms with Gasteiger partial charge in [-0.1, -0.05) is 24.6 Å². The third kappa shape index (κ3) is 5.02. The lowest BCUT2D eigenvalue weighted by Gasteiger charge is -2.16. The number of halogens is 2. The molecule has 0 saturated carbocycles. The van der Waals surface area contributed by atoms with E-state index in [2.05, 4.69) is 12.2 Å². The molecule has 1 unspecified atom stereocenters. The fraction of sp³-hybridized carbons (Fsp3) is 0.538. The van der Waals surface area contributed by atoms with Gasteiger partial charge in [0.05, 0.1) is 11.6 Å². The number of ether oxygens (including phenoxy) is 1. The van der Waals surface area contributed by atoms with Gasteiger partial charge in [0.15, 0.2) is 0 Å². The maximum Gasteiger partial charge on any atom is 0.142 e. The summed E-state index contributed by atoms with van der Waals surface area (Å²) < 4.78 is 18.7. The monoisotopic (exact) mass is 259 g/mol. The number of nitrogens with one attached hydrogen (secondary N) is 1. The van der Waals surface area contributed by atoms with Crippen molar-refractivity contribution in [3.05, 3.63) is 34.6 Å². The topological polar surface area (TPSA) is 21.3 Å². The van der Waals surface area contributed by atoms with Crippen LogP contribution in [-0.4, -0.2) is 26.3 Å². The average molecular weight is 260 g/mol. The smallest absolute Gasteiger partial charge is 0.142 e. The van der Waals surface area contributed by atoms with Crippen molar-refractivity contribution in [1.82, 2.24) is 5.32 Å². The Balaban J connectivity index is 2.51. The zero-order valence-corrected chi connectivity index (χ0v) is 11.1. The summed E-state index contributed by atoms with van der Waals surface area (Å²) >= 11 is 5.64. The minimum absolute atomic E-state index is 0.164. The zero-order chi connectivity index (χ0) is 12.7. The number of rotatable bonds is 7. The van der Waals surface area contributed by atoms with Gasteiger partial charge < -0.3 is 10.1 Å². The Hall–Kier alpha value is -0.640. The van der Waals surface area contributed by atoms with Gasteiger partial charge in [-0.25, -0.2) is 4.39 Å². The Labute approximate surface area is 107 Å². The molecule has 0 aliphatic heterocycles. The number of hydrogen-bond acceptors (Lipinski definition) is 2. The molecule has 1 atom stereocenters. The van der Waals surface area contributed by atoms with Gasteiger partial charge in [0.2, 0.25) is 0 Å². The van der Waals surface area contributed by atoms with Crippen LogP contribution < -0.4 is 5.32 Å². The molecule has 1 N–H and O–H groups in total. The molecular weight excluding hydrogens is 241 g/mol. The van der Waals surface area contributed by atoms with E-state index in [0.717, 1.165) is 25.0 Å². The van der Waals surface area contributed by atoms with Crippen LogP contribution in [0.4, 0.5) is 4.39 Å². The van der Waals surface area contributed by atoms with Crippen LogP contribution in [0.25, 0.3) is 0 Å². The quantitative estimate of drug-likeness (QED) is 0.760. The first-order valence-electron chi connectivity index (χ1n) is 5.86. The Morgan fingerprint density at radius 2 is 2.24 bits per heavy atom. The number of benzene rings is 1. The lowest BCUT2D eigenvalue weighted by Crippen LogP contribution is -2.32. The molecule has 0 fully saturated rings. The van der Waals surface area contributed by atoms with E-state index in [-0.39, 0.29) is 16.9 Å². The molecule has 1 rings (SSSR count). The van der Waals surface area contributed by atoms with Crippen molar-refractivity contribution < 1.29 is 9.13 Å². The highest BCUT2D eigenvalue weighted by atomic mass is 35.5. The van der Waals surface area contributed by atoms with Crippen molar-refractivity contribution in [3.8, 4) is 0 Å². The first-order valence-corrected chi connectivity index (χ1v) is 6.24. The average Bonchev–Trinajstić information content (AvgIpc) is 2.32. The Kier molecular flexibility index (Phi) is 6.48. The van der Waals surface area contributed by atoms with E-state index in [0.29, 0.717) is 6.61 Å². The summed E-state index contributed by atoms with van der Waals surface area (Å²) in [5.74, 6) is -0.367. The molecule has 1 aromatic rings. The van der Waals surface area contributed by atoms with Crippen LogP contribution in [0.2, 0.25) is 5.02 Å². The standard InChI is InChI=1S/C13H19ClFNO/c1-3-6-17-9-11(16-2)7-10-4-5-12(14)13(15)8-10/h4-5,8,11,16H,3,6-7,9H2,1-2H3. The molecular formula is C13H19ClFNO. The van der Waals surface area contributed by atoms with E-state index in [1.54, 1.807) is 6.07 Å². The Morgan fingerprint density at radius 1 is 1.47 bits per heavy atom. The molecule has 0 bridgehead atoms. The van der Waals surface area contributed by atoms with Crippen molar-refractivity contribution in [3.63, 3.8) is 0 Å². The fourth-order valence-electron chi connectivity index (χ4n) is 1.57. The van der Waals surface area contributed by atoms with Crippen LogP contribution in [-0.2, 0) is 11.2 Å². The lowest BCUT2D eigenvalue weighted by atomic mass is 10.1. The van der Waals surface area contributed by atoms with Crippen LogP contribution >= 0.6 is 11.6 Å². The molecule has 0 heterocycles. The van der Waals surface area contributed by atoms with Gasteiger partial charge in [-0.3, -0.25) is 0 Å². The third-order valence-electron chi connectivity index (χ3n) is 2.54. The summed E-state index contributed by atoms with van der Waals surface area (Å²) in [7, 11) is 1.88. The predicted molar refractivity (Wildman–Crippen MR) is 69.1 cm³/mol. The highest BCUT2D eigenvalue weighted by Gasteiger charge is 2.09. The summed E-state index contributed by atoms with van der Waals surface area (Å²) in [6.07, 6.45) is 1.74. The van der Waals surface area contributed by atoms with Crippen molar-refractivity contribution in [2.24, 2.45) is 0 Å². The molecule has 0 aromatic heterocycles. The molecule has 0 amide bonds. The molecule has 96 valence electrons. The summed E-state index contributed by atoms with van der Waals surface area (Å²) in [5, 5.41) is 3.33. The molecule has 4 heteroatoms. The van der Waals surface area contributed by atoms with Crippen molar-refractivity contribution >= 4 is 11.6 Å². The largest absolute Gasteiger partial charge is 0.380 e. The summed E-state index contributed by atoms with van der Waals surface area (Å²) in [5.41, 5.74) is 0.923. The number of hydrogen-bond donors (Lipinski definition) is 1. The predicted octanol–water partition coefficient (Wildman–Crippen LogP) is 3.04. The molecule has 1 aromatic carbocycles. The van der Waals surface area contributed by atoms with Gasteiger partial charge in [-0.2, -0.15) is 0 Å². The van der Waals surface area contributed by atoms with Crippen LogP contribution in [0, 0.1) is 5.82 Å². The number of likely N-dealkylation sites (N-methyl/N-ethyl adjacent to an activating group) is 1. The van der Waals surface area contributed by atoms with Crippen molar-refractivity contribution in [1.29, 1.82) is 0 Å². The molecule has 0 radical (unpaired) electrons. The van der Waals surface area contributed by atoms with Gasteiger partial charge in [0, 0.05) is 12.6 Å². The van der Waals surface area contributed by atoms with Gasteiger partial charge in [-0.05, 0) is 37.6 Å². The molecule has 17 heavy (non-hydrogen) atoms. The highest BCUT2D eigenvalue weighted by Crippen LogP contribution is 2.16. The minimum Gasteiger partial charge on any atom is -0.380 e.